The molecule has 3 heterocycles. The largest absolute Gasteiger partial charge is 0.463 e. The summed E-state index contributed by atoms with van der Waals surface area (Å²) in [7, 11) is 0. The van der Waals surface area contributed by atoms with Crippen molar-refractivity contribution in [3.05, 3.63) is 77.3 Å². The molecule has 132 valence electrons. The molecule has 0 aliphatic rings. The normalized spacial score (nSPS) is 11.8. The minimum absolute atomic E-state index is 0.262. The molecule has 0 aliphatic carbocycles. The van der Waals surface area contributed by atoms with Gasteiger partial charge in [-0.2, -0.15) is 10.2 Å². The molecule has 4 rings (SSSR count). The second-order valence-corrected chi connectivity index (χ2v) is 6.87. The van der Waals surface area contributed by atoms with Crippen molar-refractivity contribution in [3.63, 3.8) is 0 Å². The number of para-hydroxylation sites is 1. The number of nitriles is 1. The quantitative estimate of drug-likeness (QED) is 0.512. The summed E-state index contributed by atoms with van der Waals surface area (Å²) >= 11 is 1.50. The minimum atomic E-state index is -0.550. The van der Waals surface area contributed by atoms with Gasteiger partial charge in [0.15, 0.2) is 0 Å². The fraction of sp³-hybridized carbons (Fsp3) is 0.150. The highest BCUT2D eigenvalue weighted by Crippen LogP contribution is 2.30. The predicted molar refractivity (Wildman–Crippen MR) is 103 cm³/mol. The molecular weight excluding hydrogens is 358 g/mol. The number of rotatable bonds is 6. The molecule has 1 unspecified atom stereocenters. The number of thiazole rings is 1. The Bertz CT molecular complexity index is 1060. The third kappa shape index (κ3) is 3.91. The van der Waals surface area contributed by atoms with Crippen LogP contribution in [0.4, 0.5) is 0 Å². The maximum atomic E-state index is 9.68. The third-order valence-electron chi connectivity index (χ3n) is 3.98. The van der Waals surface area contributed by atoms with E-state index in [1.54, 1.807) is 24.7 Å². The van der Waals surface area contributed by atoms with Gasteiger partial charge in [-0.1, -0.05) is 18.2 Å². The fourth-order valence-corrected chi connectivity index (χ4v) is 3.68. The van der Waals surface area contributed by atoms with Crippen LogP contribution in [0.2, 0.25) is 0 Å². The molecule has 7 heteroatoms. The molecule has 3 aromatic heterocycles. The summed E-state index contributed by atoms with van der Waals surface area (Å²) in [6.07, 6.45) is 5.86. The van der Waals surface area contributed by atoms with Gasteiger partial charge in [-0.3, -0.25) is 4.98 Å². The van der Waals surface area contributed by atoms with Crippen molar-refractivity contribution in [1.29, 1.82) is 5.26 Å². The molecule has 0 radical (unpaired) electrons. The Labute approximate surface area is 160 Å². The Morgan fingerprint density at radius 2 is 2.00 bits per heavy atom. The van der Waals surface area contributed by atoms with Gasteiger partial charge in [-0.25, -0.2) is 9.97 Å². The van der Waals surface area contributed by atoms with Crippen molar-refractivity contribution < 1.29 is 4.74 Å². The monoisotopic (exact) mass is 373 g/mol. The number of hydrogen-bond donors (Lipinski definition) is 0. The van der Waals surface area contributed by atoms with E-state index in [-0.39, 0.29) is 6.01 Å². The summed E-state index contributed by atoms with van der Waals surface area (Å²) in [5.41, 5.74) is 2.56. The molecule has 0 bridgehead atoms. The molecule has 0 aliphatic heterocycles. The fourth-order valence-electron chi connectivity index (χ4n) is 2.65. The third-order valence-corrected chi connectivity index (χ3v) is 5.08. The van der Waals surface area contributed by atoms with Crippen LogP contribution in [0.25, 0.3) is 10.2 Å². The molecule has 1 aromatic carbocycles. The van der Waals surface area contributed by atoms with Crippen molar-refractivity contribution in [2.75, 3.05) is 6.61 Å². The van der Waals surface area contributed by atoms with Crippen LogP contribution in [0.1, 0.15) is 22.2 Å². The molecule has 6 nitrogen and oxygen atoms in total. The van der Waals surface area contributed by atoms with Gasteiger partial charge in [-0.05, 0) is 29.8 Å². The molecule has 0 amide bonds. The van der Waals surface area contributed by atoms with Gasteiger partial charge in [0.05, 0.1) is 28.6 Å². The van der Waals surface area contributed by atoms with Gasteiger partial charge >= 0.3 is 6.01 Å². The number of fused-ring (bicyclic) bond motifs is 1. The molecular formula is C20H15N5OS. The lowest BCUT2D eigenvalue weighted by Gasteiger charge is -2.08. The zero-order valence-electron chi connectivity index (χ0n) is 14.3. The lowest BCUT2D eigenvalue weighted by atomic mass is 10.1. The van der Waals surface area contributed by atoms with Gasteiger partial charge in [0, 0.05) is 25.0 Å². The Hall–Kier alpha value is -3.37. The Kier molecular flexibility index (Phi) is 4.99. The van der Waals surface area contributed by atoms with Crippen molar-refractivity contribution in [2.24, 2.45) is 0 Å². The molecule has 1 atom stereocenters. The molecule has 27 heavy (non-hydrogen) atoms. The lowest BCUT2D eigenvalue weighted by Crippen LogP contribution is -2.07. The van der Waals surface area contributed by atoms with E-state index in [9.17, 15) is 5.26 Å². The first kappa shape index (κ1) is 17.1. The van der Waals surface area contributed by atoms with Crippen LogP contribution in [-0.2, 0) is 6.42 Å². The smallest absolute Gasteiger partial charge is 0.316 e. The SMILES string of the molecule is N#CC(c1ccnc(OCCc2cccnc2)n1)c1nc2ccccc2s1. The highest BCUT2D eigenvalue weighted by Gasteiger charge is 2.20. The zero-order chi connectivity index (χ0) is 18.5. The number of nitrogens with zero attached hydrogens (tertiary/aromatic N) is 5. The first-order chi connectivity index (χ1) is 13.3. The van der Waals surface area contributed by atoms with E-state index in [1.165, 1.54) is 11.3 Å². The molecule has 4 aromatic rings. The molecule has 0 saturated carbocycles. The Morgan fingerprint density at radius 1 is 1.07 bits per heavy atom. The van der Waals surface area contributed by atoms with Gasteiger partial charge in [-0.15, -0.1) is 11.3 Å². The average molecular weight is 373 g/mol. The summed E-state index contributed by atoms with van der Waals surface area (Å²) in [4.78, 5) is 17.2. The van der Waals surface area contributed by atoms with Gasteiger partial charge in [0.25, 0.3) is 0 Å². The van der Waals surface area contributed by atoms with Crippen molar-refractivity contribution in [1.82, 2.24) is 19.9 Å². The number of ether oxygens (including phenoxy) is 1. The number of benzene rings is 1. The second kappa shape index (κ2) is 7.89. The number of pyridine rings is 1. The Morgan fingerprint density at radius 3 is 2.81 bits per heavy atom. The first-order valence-corrected chi connectivity index (χ1v) is 9.25. The van der Waals surface area contributed by atoms with E-state index in [2.05, 4.69) is 26.0 Å². The van der Waals surface area contributed by atoms with E-state index < -0.39 is 5.92 Å². The van der Waals surface area contributed by atoms with E-state index in [0.29, 0.717) is 18.7 Å². The Balaban J connectivity index is 1.51. The van der Waals surface area contributed by atoms with E-state index in [0.717, 1.165) is 20.8 Å². The number of hydrogen-bond acceptors (Lipinski definition) is 7. The van der Waals surface area contributed by atoms with Crippen LogP contribution < -0.4 is 4.74 Å². The van der Waals surface area contributed by atoms with Crippen molar-refractivity contribution in [2.45, 2.75) is 12.3 Å². The van der Waals surface area contributed by atoms with Crippen LogP contribution in [0.5, 0.6) is 6.01 Å². The summed E-state index contributed by atoms with van der Waals surface area (Å²) in [6, 6.07) is 16.0. The first-order valence-electron chi connectivity index (χ1n) is 8.43. The minimum Gasteiger partial charge on any atom is -0.463 e. The van der Waals surface area contributed by atoms with E-state index >= 15 is 0 Å². The summed E-state index contributed by atoms with van der Waals surface area (Å²) < 4.78 is 6.71. The highest BCUT2D eigenvalue weighted by molar-refractivity contribution is 7.18. The van der Waals surface area contributed by atoms with Gasteiger partial charge in [0.2, 0.25) is 0 Å². The summed E-state index contributed by atoms with van der Waals surface area (Å²) in [5.74, 6) is -0.550. The van der Waals surface area contributed by atoms with E-state index in [1.807, 2.05) is 36.4 Å². The molecule has 0 N–H and O–H groups in total. The maximum Gasteiger partial charge on any atom is 0.316 e. The van der Waals surface area contributed by atoms with Crippen molar-refractivity contribution >= 4 is 21.6 Å². The van der Waals surface area contributed by atoms with Crippen LogP contribution in [0.3, 0.4) is 0 Å². The van der Waals surface area contributed by atoms with E-state index in [4.69, 9.17) is 4.74 Å². The molecule has 0 fully saturated rings. The van der Waals surface area contributed by atoms with Crippen LogP contribution in [0, 0.1) is 11.3 Å². The van der Waals surface area contributed by atoms with Crippen LogP contribution in [-0.4, -0.2) is 26.5 Å². The van der Waals surface area contributed by atoms with Gasteiger partial charge in [0.1, 0.15) is 10.9 Å². The van der Waals surface area contributed by atoms with Crippen LogP contribution >= 0.6 is 11.3 Å². The topological polar surface area (TPSA) is 84.6 Å². The van der Waals surface area contributed by atoms with Crippen molar-refractivity contribution in [3.8, 4) is 12.1 Å². The summed E-state index contributed by atoms with van der Waals surface area (Å²) in [5, 5.41) is 10.4. The zero-order valence-corrected chi connectivity index (χ0v) is 15.1. The standard InChI is InChI=1S/C20H15N5OS/c21-12-15(19-24-17-5-1-2-6-18(17)27-19)16-7-10-23-20(25-16)26-11-8-14-4-3-9-22-13-14/h1-7,9-10,13,15H,8,11H2. The average Bonchev–Trinajstić information content (AvgIpc) is 3.13. The lowest BCUT2D eigenvalue weighted by molar-refractivity contribution is 0.295. The maximum absolute atomic E-state index is 9.68. The predicted octanol–water partition coefficient (Wildman–Crippen LogP) is 3.76. The summed E-state index contributed by atoms with van der Waals surface area (Å²) in [6.45, 7) is 0.438. The molecule has 0 saturated heterocycles. The number of aromatic nitrogens is 4. The van der Waals surface area contributed by atoms with Gasteiger partial charge < -0.3 is 4.74 Å². The van der Waals surface area contributed by atoms with Crippen LogP contribution in [0.15, 0.2) is 61.1 Å². The second-order valence-electron chi connectivity index (χ2n) is 5.81. The highest BCUT2D eigenvalue weighted by atomic mass is 32.1. The molecule has 0 spiro atoms.